The van der Waals surface area contributed by atoms with Gasteiger partial charge < -0.3 is 15.5 Å². The Balaban J connectivity index is 2.24. The fraction of sp³-hybridized carbons (Fsp3) is 0.0500. The number of aromatic nitrogens is 1. The molecule has 4 heteroatoms. The molecule has 2 aromatic rings. The molecule has 2 rings (SSSR count). The van der Waals surface area contributed by atoms with Crippen molar-refractivity contribution in [3.8, 4) is 5.75 Å². The Morgan fingerprint density at radius 1 is 1.29 bits per heavy atom. The number of allylic oxidation sites excluding steroid dienone is 5. The fourth-order valence-corrected chi connectivity index (χ4v) is 1.99. The summed E-state index contributed by atoms with van der Waals surface area (Å²) in [6, 6.07) is 9.40. The predicted octanol–water partition coefficient (Wildman–Crippen LogP) is 4.14. The second-order valence-corrected chi connectivity index (χ2v) is 5.25. The number of primary amides is 1. The summed E-state index contributed by atoms with van der Waals surface area (Å²) in [7, 11) is 0. The van der Waals surface area contributed by atoms with E-state index in [9.17, 15) is 4.79 Å². The van der Waals surface area contributed by atoms with E-state index in [2.05, 4.69) is 18.1 Å². The third-order valence-corrected chi connectivity index (χ3v) is 3.28. The number of nitrogens with one attached hydrogen (secondary N) is 1. The first-order valence-corrected chi connectivity index (χ1v) is 7.42. The molecule has 1 aromatic heterocycles. The average molecular weight is 320 g/mol. The lowest BCUT2D eigenvalue weighted by atomic mass is 10.1. The van der Waals surface area contributed by atoms with Crippen LogP contribution in [0.1, 0.15) is 21.6 Å². The zero-order chi connectivity index (χ0) is 17.5. The first-order chi connectivity index (χ1) is 11.5. The van der Waals surface area contributed by atoms with Crippen molar-refractivity contribution in [1.29, 1.82) is 0 Å². The highest BCUT2D eigenvalue weighted by atomic mass is 16.5. The first kappa shape index (κ1) is 17.1. The molecule has 122 valence electrons. The zero-order valence-corrected chi connectivity index (χ0v) is 13.6. The number of nitrogens with two attached hydrogens (primary N) is 1. The van der Waals surface area contributed by atoms with E-state index in [-0.39, 0.29) is 0 Å². The first-order valence-electron chi connectivity index (χ1n) is 7.42. The number of H-pyrrole nitrogens is 1. The monoisotopic (exact) mass is 320 g/mol. The normalized spacial score (nSPS) is 11.5. The lowest BCUT2D eigenvalue weighted by Gasteiger charge is -2.08. The molecule has 0 saturated heterocycles. The smallest absolute Gasteiger partial charge is 0.250 e. The molecule has 0 aliphatic heterocycles. The van der Waals surface area contributed by atoms with Crippen LogP contribution in [-0.2, 0) is 0 Å². The van der Waals surface area contributed by atoms with Crippen molar-refractivity contribution < 1.29 is 9.53 Å². The van der Waals surface area contributed by atoms with Gasteiger partial charge in [0.25, 0.3) is 0 Å². The Labute approximate surface area is 141 Å². The molecule has 24 heavy (non-hydrogen) atoms. The van der Waals surface area contributed by atoms with E-state index in [4.69, 9.17) is 10.5 Å². The maximum absolute atomic E-state index is 11.2. The van der Waals surface area contributed by atoms with Crippen LogP contribution in [0.25, 0.3) is 5.57 Å². The minimum atomic E-state index is -0.489. The van der Waals surface area contributed by atoms with Crippen molar-refractivity contribution in [3.05, 3.63) is 96.6 Å². The standard InChI is InChI=1S/C20H20N2O2/c1-4-5-6-18(24-17-9-7-14(2)8-10-17)11-15(3)19-12-16(13-22-19)20(21)23/h4-13,22H,1,3H2,2H3,(H2,21,23)/b6-5-,18-11+. The van der Waals surface area contributed by atoms with Crippen molar-refractivity contribution in [2.24, 2.45) is 5.73 Å². The van der Waals surface area contributed by atoms with Gasteiger partial charge in [0.2, 0.25) is 5.91 Å². The van der Waals surface area contributed by atoms with Crippen molar-refractivity contribution in [2.45, 2.75) is 6.92 Å². The molecule has 0 saturated carbocycles. The van der Waals surface area contributed by atoms with Gasteiger partial charge >= 0.3 is 0 Å². The van der Waals surface area contributed by atoms with Crippen LogP contribution in [-0.4, -0.2) is 10.9 Å². The molecule has 1 heterocycles. The molecule has 0 spiro atoms. The van der Waals surface area contributed by atoms with E-state index in [1.54, 1.807) is 36.6 Å². The van der Waals surface area contributed by atoms with Crippen LogP contribution >= 0.6 is 0 Å². The second kappa shape index (κ2) is 7.83. The van der Waals surface area contributed by atoms with Crippen LogP contribution in [0.4, 0.5) is 0 Å². The van der Waals surface area contributed by atoms with Gasteiger partial charge in [0, 0.05) is 11.9 Å². The summed E-state index contributed by atoms with van der Waals surface area (Å²) in [4.78, 5) is 14.2. The number of amides is 1. The highest BCUT2D eigenvalue weighted by Crippen LogP contribution is 2.20. The number of benzene rings is 1. The molecule has 0 radical (unpaired) electrons. The summed E-state index contributed by atoms with van der Waals surface area (Å²) in [5, 5.41) is 0. The molecule has 0 aliphatic carbocycles. The van der Waals surface area contributed by atoms with E-state index < -0.39 is 5.91 Å². The van der Waals surface area contributed by atoms with Gasteiger partial charge in [0.1, 0.15) is 11.5 Å². The molecule has 0 bridgehead atoms. The number of rotatable bonds is 7. The van der Waals surface area contributed by atoms with E-state index in [1.165, 1.54) is 0 Å². The van der Waals surface area contributed by atoms with Crippen molar-refractivity contribution in [3.63, 3.8) is 0 Å². The van der Waals surface area contributed by atoms with Crippen LogP contribution in [0.5, 0.6) is 5.75 Å². The summed E-state index contributed by atoms with van der Waals surface area (Å²) in [6.07, 6.45) is 8.55. The topological polar surface area (TPSA) is 68.1 Å². The zero-order valence-electron chi connectivity index (χ0n) is 13.6. The van der Waals surface area contributed by atoms with Gasteiger partial charge in [-0.2, -0.15) is 0 Å². The molecular weight excluding hydrogens is 300 g/mol. The average Bonchev–Trinajstić information content (AvgIpc) is 3.05. The van der Waals surface area contributed by atoms with Gasteiger partial charge in [-0.1, -0.05) is 43.0 Å². The highest BCUT2D eigenvalue weighted by Gasteiger charge is 2.07. The Morgan fingerprint density at radius 2 is 2.00 bits per heavy atom. The summed E-state index contributed by atoms with van der Waals surface area (Å²) >= 11 is 0. The number of aryl methyl sites for hydroxylation is 1. The molecule has 4 nitrogen and oxygen atoms in total. The molecule has 1 aromatic carbocycles. The van der Waals surface area contributed by atoms with Crippen LogP contribution in [0.3, 0.4) is 0 Å². The molecule has 3 N–H and O–H groups in total. The van der Waals surface area contributed by atoms with Gasteiger partial charge in [0.15, 0.2) is 0 Å². The molecule has 1 amide bonds. The molecule has 0 fully saturated rings. The van der Waals surface area contributed by atoms with Gasteiger partial charge in [0.05, 0.1) is 5.56 Å². The number of carbonyl (C=O) groups excluding carboxylic acids is 1. The Hall–Kier alpha value is -3.27. The van der Waals surface area contributed by atoms with E-state index in [1.807, 2.05) is 31.2 Å². The van der Waals surface area contributed by atoms with E-state index in [0.29, 0.717) is 22.6 Å². The van der Waals surface area contributed by atoms with Crippen molar-refractivity contribution in [1.82, 2.24) is 4.98 Å². The quantitative estimate of drug-likeness (QED) is 0.594. The predicted molar refractivity (Wildman–Crippen MR) is 97.6 cm³/mol. The number of aromatic amines is 1. The van der Waals surface area contributed by atoms with E-state index >= 15 is 0 Å². The number of hydrogen-bond donors (Lipinski definition) is 2. The largest absolute Gasteiger partial charge is 0.457 e. The molecule has 0 aliphatic rings. The number of hydrogen-bond acceptors (Lipinski definition) is 2. The van der Waals surface area contributed by atoms with Gasteiger partial charge in [-0.15, -0.1) is 0 Å². The fourth-order valence-electron chi connectivity index (χ4n) is 1.99. The van der Waals surface area contributed by atoms with Crippen LogP contribution in [0, 0.1) is 6.92 Å². The number of ether oxygens (including phenoxy) is 1. The lowest BCUT2D eigenvalue weighted by molar-refractivity contribution is 0.100. The van der Waals surface area contributed by atoms with Crippen molar-refractivity contribution >= 4 is 11.5 Å². The summed E-state index contributed by atoms with van der Waals surface area (Å²) in [6.45, 7) is 9.68. The van der Waals surface area contributed by atoms with Gasteiger partial charge in [-0.25, -0.2) is 0 Å². The maximum atomic E-state index is 11.2. The third-order valence-electron chi connectivity index (χ3n) is 3.28. The minimum Gasteiger partial charge on any atom is -0.457 e. The van der Waals surface area contributed by atoms with Crippen molar-refractivity contribution in [2.75, 3.05) is 0 Å². The van der Waals surface area contributed by atoms with Crippen LogP contribution in [0.2, 0.25) is 0 Å². The number of carbonyl (C=O) groups is 1. The Bertz CT molecular complexity index is 808. The summed E-state index contributed by atoms with van der Waals surface area (Å²) in [5.41, 5.74) is 8.18. The molecule has 0 atom stereocenters. The highest BCUT2D eigenvalue weighted by molar-refractivity contribution is 5.93. The second-order valence-electron chi connectivity index (χ2n) is 5.25. The minimum absolute atomic E-state index is 0.405. The summed E-state index contributed by atoms with van der Waals surface area (Å²) < 4.78 is 5.88. The van der Waals surface area contributed by atoms with Crippen LogP contribution in [0.15, 0.2) is 79.7 Å². The molecule has 0 unspecified atom stereocenters. The third kappa shape index (κ3) is 4.61. The molecular formula is C20H20N2O2. The summed E-state index contributed by atoms with van der Waals surface area (Å²) in [5.74, 6) is 0.827. The van der Waals surface area contributed by atoms with Gasteiger partial charge in [-0.3, -0.25) is 4.79 Å². The maximum Gasteiger partial charge on any atom is 0.250 e. The Morgan fingerprint density at radius 3 is 2.58 bits per heavy atom. The Kier molecular flexibility index (Phi) is 5.58. The SMILES string of the molecule is C=C/C=C\C(=C/C(=C)c1cc(C(N)=O)c[nH]1)Oc1ccc(C)cc1. The van der Waals surface area contributed by atoms with Gasteiger partial charge in [-0.05, 0) is 42.8 Å². The van der Waals surface area contributed by atoms with E-state index in [0.717, 1.165) is 11.3 Å². The van der Waals surface area contributed by atoms with Crippen LogP contribution < -0.4 is 10.5 Å². The lowest BCUT2D eigenvalue weighted by Crippen LogP contribution is -2.09.